The molecule has 1 atom stereocenters. The number of furan rings is 1. The molecule has 6 aromatic carbocycles. The number of hydrogen-bond acceptors (Lipinski definition) is 1. The topological polar surface area (TPSA) is 13.1 Å². The zero-order valence-corrected chi connectivity index (χ0v) is 23.5. The number of benzene rings is 6. The largest absolute Gasteiger partial charge is 0.455 e. The zero-order valence-electron chi connectivity index (χ0n) is 23.5. The molecule has 198 valence electrons. The van der Waals surface area contributed by atoms with Crippen LogP contribution in [0.1, 0.15) is 31.7 Å². The summed E-state index contributed by atoms with van der Waals surface area (Å²) < 4.78 is 6.26. The highest BCUT2D eigenvalue weighted by Gasteiger charge is 2.12. The molecule has 0 aliphatic carbocycles. The summed E-state index contributed by atoms with van der Waals surface area (Å²) in [4.78, 5) is 0. The average Bonchev–Trinajstić information content (AvgIpc) is 3.44. The molecule has 7 aromatic rings. The first-order valence-corrected chi connectivity index (χ1v) is 14.5. The lowest BCUT2D eigenvalue weighted by Crippen LogP contribution is -1.90. The second kappa shape index (κ2) is 10.6. The van der Waals surface area contributed by atoms with Crippen molar-refractivity contribution in [3.8, 4) is 44.5 Å². The summed E-state index contributed by atoms with van der Waals surface area (Å²) in [6.07, 6.45) is 1.17. The van der Waals surface area contributed by atoms with Gasteiger partial charge in [-0.3, -0.25) is 0 Å². The maximum atomic E-state index is 6.26. The van der Waals surface area contributed by atoms with E-state index in [9.17, 15) is 0 Å². The fourth-order valence-electron chi connectivity index (χ4n) is 5.77. The maximum Gasteiger partial charge on any atom is 0.143 e. The van der Waals surface area contributed by atoms with Crippen molar-refractivity contribution in [3.05, 3.63) is 145 Å². The molecule has 1 heteroatoms. The molecule has 0 spiro atoms. The van der Waals surface area contributed by atoms with E-state index in [1.165, 1.54) is 45.4 Å². The van der Waals surface area contributed by atoms with Gasteiger partial charge in [0.25, 0.3) is 0 Å². The van der Waals surface area contributed by atoms with Gasteiger partial charge in [0.2, 0.25) is 0 Å². The molecule has 0 aliphatic rings. The van der Waals surface area contributed by atoms with Gasteiger partial charge in [0.15, 0.2) is 0 Å². The van der Waals surface area contributed by atoms with E-state index in [1.54, 1.807) is 0 Å². The number of rotatable bonds is 6. The van der Waals surface area contributed by atoms with Gasteiger partial charge >= 0.3 is 0 Å². The van der Waals surface area contributed by atoms with Crippen molar-refractivity contribution in [3.63, 3.8) is 0 Å². The Morgan fingerprint density at radius 1 is 0.463 bits per heavy atom. The van der Waals surface area contributed by atoms with Crippen LogP contribution in [-0.2, 0) is 0 Å². The van der Waals surface area contributed by atoms with E-state index in [0.29, 0.717) is 5.92 Å². The Hall–Kier alpha value is -4.88. The first-order valence-electron chi connectivity index (χ1n) is 14.5. The summed E-state index contributed by atoms with van der Waals surface area (Å²) in [5, 5.41) is 2.32. The van der Waals surface area contributed by atoms with Crippen LogP contribution in [0.3, 0.4) is 0 Å². The van der Waals surface area contributed by atoms with Gasteiger partial charge in [-0.1, -0.05) is 147 Å². The normalized spacial score (nSPS) is 12.1. The zero-order chi connectivity index (χ0) is 27.8. The predicted octanol–water partition coefficient (Wildman–Crippen LogP) is 11.8. The third-order valence-electron chi connectivity index (χ3n) is 8.46. The summed E-state index contributed by atoms with van der Waals surface area (Å²) >= 11 is 0. The molecule has 0 aliphatic heterocycles. The van der Waals surface area contributed by atoms with Crippen LogP contribution < -0.4 is 0 Å². The van der Waals surface area contributed by atoms with E-state index >= 15 is 0 Å². The minimum atomic E-state index is 0.602. The van der Waals surface area contributed by atoms with Crippen LogP contribution >= 0.6 is 0 Å². The lowest BCUT2D eigenvalue weighted by atomic mass is 9.94. The molecule has 7 rings (SSSR count). The summed E-state index contributed by atoms with van der Waals surface area (Å²) in [6.45, 7) is 4.53. The lowest BCUT2D eigenvalue weighted by molar-refractivity contribution is 0.670. The number of para-hydroxylation sites is 2. The number of fused-ring (bicyclic) bond motifs is 3. The highest BCUT2D eigenvalue weighted by atomic mass is 16.3. The molecule has 1 unspecified atom stereocenters. The molecular formula is C40H32O. The second-order valence-corrected chi connectivity index (χ2v) is 10.9. The minimum Gasteiger partial charge on any atom is -0.455 e. The van der Waals surface area contributed by atoms with Gasteiger partial charge in [-0.15, -0.1) is 0 Å². The summed E-state index contributed by atoms with van der Waals surface area (Å²) in [5.74, 6) is 0.602. The first kappa shape index (κ1) is 25.1. The van der Waals surface area contributed by atoms with Crippen LogP contribution in [0.2, 0.25) is 0 Å². The van der Waals surface area contributed by atoms with Crippen molar-refractivity contribution in [1.29, 1.82) is 0 Å². The molecule has 0 amide bonds. The van der Waals surface area contributed by atoms with Crippen molar-refractivity contribution in [2.45, 2.75) is 26.2 Å². The average molecular weight is 529 g/mol. The molecular weight excluding hydrogens is 496 g/mol. The Bertz CT molecular complexity index is 1940. The molecule has 0 saturated carbocycles. The van der Waals surface area contributed by atoms with E-state index in [1.807, 2.05) is 12.1 Å². The van der Waals surface area contributed by atoms with Crippen molar-refractivity contribution in [1.82, 2.24) is 0 Å². The van der Waals surface area contributed by atoms with Gasteiger partial charge in [-0.25, -0.2) is 0 Å². The minimum absolute atomic E-state index is 0.602. The maximum absolute atomic E-state index is 6.26. The summed E-state index contributed by atoms with van der Waals surface area (Å²) in [6, 6.07) is 50.2. The van der Waals surface area contributed by atoms with Gasteiger partial charge < -0.3 is 4.42 Å². The Morgan fingerprint density at radius 2 is 0.902 bits per heavy atom. The van der Waals surface area contributed by atoms with Crippen LogP contribution in [0.4, 0.5) is 0 Å². The fraction of sp³-hybridized carbons (Fsp3) is 0.100. The quantitative estimate of drug-likeness (QED) is 0.209. The van der Waals surface area contributed by atoms with Crippen LogP contribution in [0.5, 0.6) is 0 Å². The van der Waals surface area contributed by atoms with Crippen molar-refractivity contribution in [2.24, 2.45) is 0 Å². The van der Waals surface area contributed by atoms with E-state index in [4.69, 9.17) is 4.42 Å². The summed E-state index contributed by atoms with van der Waals surface area (Å²) in [7, 11) is 0. The van der Waals surface area contributed by atoms with Crippen LogP contribution in [0.25, 0.3) is 66.4 Å². The Kier molecular flexibility index (Phi) is 6.49. The molecule has 1 aromatic heterocycles. The molecule has 0 N–H and O–H groups in total. The van der Waals surface area contributed by atoms with Gasteiger partial charge in [-0.2, -0.15) is 0 Å². The lowest BCUT2D eigenvalue weighted by Gasteiger charge is -2.10. The van der Waals surface area contributed by atoms with E-state index in [0.717, 1.165) is 33.1 Å². The molecule has 0 bridgehead atoms. The van der Waals surface area contributed by atoms with Crippen molar-refractivity contribution >= 4 is 21.9 Å². The van der Waals surface area contributed by atoms with E-state index < -0.39 is 0 Å². The van der Waals surface area contributed by atoms with E-state index in [-0.39, 0.29) is 0 Å². The highest BCUT2D eigenvalue weighted by molar-refractivity contribution is 6.09. The third kappa shape index (κ3) is 4.74. The smallest absolute Gasteiger partial charge is 0.143 e. The first-order chi connectivity index (χ1) is 20.2. The van der Waals surface area contributed by atoms with Crippen LogP contribution in [0.15, 0.2) is 144 Å². The molecule has 41 heavy (non-hydrogen) atoms. The number of hydrogen-bond donors (Lipinski definition) is 0. The Labute approximate surface area is 241 Å². The van der Waals surface area contributed by atoms with Crippen molar-refractivity contribution in [2.75, 3.05) is 0 Å². The Morgan fingerprint density at radius 3 is 1.41 bits per heavy atom. The summed E-state index contributed by atoms with van der Waals surface area (Å²) in [5.41, 5.74) is 12.9. The van der Waals surface area contributed by atoms with Crippen LogP contribution in [0, 0.1) is 0 Å². The van der Waals surface area contributed by atoms with Gasteiger partial charge in [0.1, 0.15) is 11.2 Å². The standard InChI is InChI=1S/C40H32O/c1-3-27(2)28-11-13-29(14-12-28)30-15-17-31(18-16-30)32-19-21-33(22-20-32)34-23-25-35(26-24-34)36-8-6-9-38-37-7-4-5-10-39(37)41-40(36)38/h4-27H,3H2,1-2H3. The molecule has 1 nitrogen and oxygen atoms in total. The Balaban J connectivity index is 1.10. The van der Waals surface area contributed by atoms with Crippen molar-refractivity contribution < 1.29 is 4.42 Å². The van der Waals surface area contributed by atoms with Gasteiger partial charge in [0.05, 0.1) is 0 Å². The fourth-order valence-corrected chi connectivity index (χ4v) is 5.77. The molecule has 0 saturated heterocycles. The van der Waals surface area contributed by atoms with Crippen LogP contribution in [-0.4, -0.2) is 0 Å². The monoisotopic (exact) mass is 528 g/mol. The van der Waals surface area contributed by atoms with Gasteiger partial charge in [0, 0.05) is 16.3 Å². The van der Waals surface area contributed by atoms with Gasteiger partial charge in [-0.05, 0) is 62.9 Å². The third-order valence-corrected chi connectivity index (χ3v) is 8.46. The van der Waals surface area contributed by atoms with E-state index in [2.05, 4.69) is 141 Å². The molecule has 0 radical (unpaired) electrons. The SMILES string of the molecule is CCC(C)c1ccc(-c2ccc(-c3ccc(-c4ccc(-c5cccc6c5oc5ccccc56)cc4)cc3)cc2)cc1. The molecule has 0 fully saturated rings. The second-order valence-electron chi connectivity index (χ2n) is 10.9. The predicted molar refractivity (Wildman–Crippen MR) is 174 cm³/mol. The highest BCUT2D eigenvalue weighted by Crippen LogP contribution is 2.36. The molecule has 1 heterocycles.